The highest BCUT2D eigenvalue weighted by Crippen LogP contribution is 2.17. The van der Waals surface area contributed by atoms with Crippen LogP contribution in [-0.2, 0) is 4.79 Å². The van der Waals surface area contributed by atoms with Crippen LogP contribution in [0.4, 0.5) is 4.39 Å². The highest BCUT2D eigenvalue weighted by molar-refractivity contribution is 5.75. The summed E-state index contributed by atoms with van der Waals surface area (Å²) in [7, 11) is 0. The first-order valence-electron chi connectivity index (χ1n) is 5.50. The van der Waals surface area contributed by atoms with E-state index in [2.05, 4.69) is 0 Å². The summed E-state index contributed by atoms with van der Waals surface area (Å²) in [6.07, 6.45) is 2.55. The number of carbonyl (C=O) groups excluding carboxylic acids is 2. The monoisotopic (exact) mass is 238 g/mol. The van der Waals surface area contributed by atoms with Crippen molar-refractivity contribution >= 4 is 12.1 Å². The van der Waals surface area contributed by atoms with Crippen molar-refractivity contribution in [3.05, 3.63) is 29.6 Å². The summed E-state index contributed by atoms with van der Waals surface area (Å²) in [6.45, 7) is 1.91. The second-order valence-electron chi connectivity index (χ2n) is 3.82. The van der Waals surface area contributed by atoms with Gasteiger partial charge >= 0.3 is 0 Å². The standard InChI is InChI=1S/C13H15FO3/c1-10(16)4-2-3-7-17-13-6-5-11(9-15)8-12(13)14/h5-6,8-9H,2-4,7H2,1H3. The molecule has 0 aliphatic heterocycles. The summed E-state index contributed by atoms with van der Waals surface area (Å²) in [5.41, 5.74) is 0.284. The van der Waals surface area contributed by atoms with Crippen LogP contribution in [0.25, 0.3) is 0 Å². The molecule has 0 bridgehead atoms. The van der Waals surface area contributed by atoms with Crippen LogP contribution in [0.5, 0.6) is 5.75 Å². The summed E-state index contributed by atoms with van der Waals surface area (Å²) in [6, 6.07) is 4.07. The van der Waals surface area contributed by atoms with Gasteiger partial charge in [0.1, 0.15) is 12.1 Å². The van der Waals surface area contributed by atoms with Crippen LogP contribution in [0, 0.1) is 5.82 Å². The molecule has 0 saturated carbocycles. The molecule has 0 unspecified atom stereocenters. The summed E-state index contributed by atoms with van der Waals surface area (Å²) in [5.74, 6) is -0.258. The lowest BCUT2D eigenvalue weighted by Gasteiger charge is -2.06. The van der Waals surface area contributed by atoms with Crippen LogP contribution in [0.15, 0.2) is 18.2 Å². The van der Waals surface area contributed by atoms with Gasteiger partial charge < -0.3 is 9.53 Å². The first-order valence-corrected chi connectivity index (χ1v) is 5.50. The number of hydrogen-bond acceptors (Lipinski definition) is 3. The highest BCUT2D eigenvalue weighted by Gasteiger charge is 2.04. The second-order valence-corrected chi connectivity index (χ2v) is 3.82. The van der Waals surface area contributed by atoms with Crippen molar-refractivity contribution in [3.8, 4) is 5.75 Å². The van der Waals surface area contributed by atoms with Gasteiger partial charge in [-0.1, -0.05) is 0 Å². The van der Waals surface area contributed by atoms with Gasteiger partial charge in [0, 0.05) is 12.0 Å². The zero-order valence-electron chi connectivity index (χ0n) is 9.74. The van der Waals surface area contributed by atoms with Crippen molar-refractivity contribution in [1.29, 1.82) is 0 Å². The average Bonchev–Trinajstić information content (AvgIpc) is 2.30. The number of aldehydes is 1. The Bertz CT molecular complexity index is 402. The number of rotatable bonds is 7. The van der Waals surface area contributed by atoms with Gasteiger partial charge in [0.25, 0.3) is 0 Å². The zero-order valence-corrected chi connectivity index (χ0v) is 9.74. The molecule has 17 heavy (non-hydrogen) atoms. The lowest BCUT2D eigenvalue weighted by atomic mass is 10.2. The lowest BCUT2D eigenvalue weighted by Crippen LogP contribution is -2.01. The molecule has 0 aliphatic carbocycles. The van der Waals surface area contributed by atoms with E-state index in [1.807, 2.05) is 0 Å². The van der Waals surface area contributed by atoms with Gasteiger partial charge in [-0.15, -0.1) is 0 Å². The van der Waals surface area contributed by atoms with E-state index in [9.17, 15) is 14.0 Å². The lowest BCUT2D eigenvalue weighted by molar-refractivity contribution is -0.117. The molecule has 92 valence electrons. The van der Waals surface area contributed by atoms with Crippen LogP contribution in [0.3, 0.4) is 0 Å². The second kappa shape index (κ2) is 6.78. The van der Waals surface area contributed by atoms with E-state index in [4.69, 9.17) is 4.74 Å². The molecule has 0 aromatic heterocycles. The van der Waals surface area contributed by atoms with Crippen LogP contribution in [0.2, 0.25) is 0 Å². The average molecular weight is 238 g/mol. The molecule has 0 fully saturated rings. The molecule has 0 saturated heterocycles. The van der Waals surface area contributed by atoms with E-state index in [0.717, 1.165) is 12.5 Å². The van der Waals surface area contributed by atoms with Crippen LogP contribution < -0.4 is 4.74 Å². The Hall–Kier alpha value is -1.71. The van der Waals surface area contributed by atoms with Gasteiger partial charge in [-0.25, -0.2) is 4.39 Å². The minimum absolute atomic E-state index is 0.137. The molecule has 0 N–H and O–H groups in total. The van der Waals surface area contributed by atoms with Crippen molar-refractivity contribution in [2.45, 2.75) is 26.2 Å². The van der Waals surface area contributed by atoms with Crippen molar-refractivity contribution in [2.24, 2.45) is 0 Å². The first kappa shape index (κ1) is 13.4. The minimum Gasteiger partial charge on any atom is -0.491 e. The normalized spacial score (nSPS) is 10.0. The van der Waals surface area contributed by atoms with E-state index >= 15 is 0 Å². The van der Waals surface area contributed by atoms with Crippen molar-refractivity contribution in [2.75, 3.05) is 6.61 Å². The predicted octanol–water partition coefficient (Wildman–Crippen LogP) is 2.78. The van der Waals surface area contributed by atoms with E-state index < -0.39 is 5.82 Å². The molecule has 1 aromatic carbocycles. The Labute approximate surface area is 99.6 Å². The number of carbonyl (C=O) groups is 2. The van der Waals surface area contributed by atoms with E-state index in [0.29, 0.717) is 25.7 Å². The SMILES string of the molecule is CC(=O)CCCCOc1ccc(C=O)cc1F. The molecular weight excluding hydrogens is 223 g/mol. The Morgan fingerprint density at radius 1 is 1.41 bits per heavy atom. The third kappa shape index (κ3) is 4.76. The van der Waals surface area contributed by atoms with Crippen molar-refractivity contribution < 1.29 is 18.7 Å². The van der Waals surface area contributed by atoms with Crippen molar-refractivity contribution in [1.82, 2.24) is 0 Å². The van der Waals surface area contributed by atoms with Crippen LogP contribution in [-0.4, -0.2) is 18.7 Å². The first-order chi connectivity index (χ1) is 8.13. The smallest absolute Gasteiger partial charge is 0.165 e. The summed E-state index contributed by atoms with van der Waals surface area (Å²) < 4.78 is 18.6. The molecule has 4 heteroatoms. The van der Waals surface area contributed by atoms with Gasteiger partial charge in [-0.2, -0.15) is 0 Å². The molecule has 0 heterocycles. The van der Waals surface area contributed by atoms with Crippen LogP contribution >= 0.6 is 0 Å². The maximum atomic E-state index is 13.3. The Kier molecular flexibility index (Phi) is 5.33. The molecule has 0 aliphatic rings. The largest absolute Gasteiger partial charge is 0.491 e. The summed E-state index contributed by atoms with van der Waals surface area (Å²) in [4.78, 5) is 21.1. The number of hydrogen-bond donors (Lipinski definition) is 0. The minimum atomic E-state index is -0.541. The van der Waals surface area contributed by atoms with E-state index in [-0.39, 0.29) is 17.1 Å². The Morgan fingerprint density at radius 2 is 2.18 bits per heavy atom. The number of halogens is 1. The number of unbranched alkanes of at least 4 members (excludes halogenated alkanes) is 1. The predicted molar refractivity (Wildman–Crippen MR) is 61.8 cm³/mol. The Morgan fingerprint density at radius 3 is 2.76 bits per heavy atom. The third-order valence-corrected chi connectivity index (χ3v) is 2.27. The maximum absolute atomic E-state index is 13.3. The highest BCUT2D eigenvalue weighted by atomic mass is 19.1. The number of ketones is 1. The van der Waals surface area contributed by atoms with Gasteiger partial charge in [-0.05, 0) is 38.0 Å². The van der Waals surface area contributed by atoms with Crippen LogP contribution in [0.1, 0.15) is 36.5 Å². The number of Topliss-reactive ketones (excluding diaryl/α,β-unsaturated/α-hetero) is 1. The molecule has 0 radical (unpaired) electrons. The maximum Gasteiger partial charge on any atom is 0.165 e. The van der Waals surface area contributed by atoms with Crippen molar-refractivity contribution in [3.63, 3.8) is 0 Å². The fraction of sp³-hybridized carbons (Fsp3) is 0.385. The molecule has 0 spiro atoms. The van der Waals surface area contributed by atoms with E-state index in [1.165, 1.54) is 12.1 Å². The van der Waals surface area contributed by atoms with Gasteiger partial charge in [0.15, 0.2) is 11.6 Å². The molecule has 0 amide bonds. The fourth-order valence-electron chi connectivity index (χ4n) is 1.37. The fourth-order valence-corrected chi connectivity index (χ4v) is 1.37. The van der Waals surface area contributed by atoms with Gasteiger partial charge in [-0.3, -0.25) is 4.79 Å². The summed E-state index contributed by atoms with van der Waals surface area (Å²) in [5, 5.41) is 0. The molecule has 0 atom stereocenters. The number of ether oxygens (including phenoxy) is 1. The summed E-state index contributed by atoms with van der Waals surface area (Å²) >= 11 is 0. The quantitative estimate of drug-likeness (QED) is 0.542. The zero-order chi connectivity index (χ0) is 12.7. The van der Waals surface area contributed by atoms with E-state index in [1.54, 1.807) is 6.92 Å². The molecular formula is C13H15FO3. The third-order valence-electron chi connectivity index (χ3n) is 2.27. The topological polar surface area (TPSA) is 43.4 Å². The molecule has 1 rings (SSSR count). The van der Waals surface area contributed by atoms with Gasteiger partial charge in [0.05, 0.1) is 6.61 Å². The number of benzene rings is 1. The molecule has 3 nitrogen and oxygen atoms in total. The Balaban J connectivity index is 2.36. The molecule has 1 aromatic rings. The van der Waals surface area contributed by atoms with Gasteiger partial charge in [0.2, 0.25) is 0 Å².